The number of halogens is 2. The number of benzene rings is 2. The normalized spacial score (nSPS) is 15.3. The molecule has 1 aliphatic heterocycles. The second-order valence-corrected chi connectivity index (χ2v) is 7.15. The van der Waals surface area contributed by atoms with Crippen molar-refractivity contribution in [1.82, 2.24) is 10.3 Å². The van der Waals surface area contributed by atoms with Crippen molar-refractivity contribution in [2.75, 3.05) is 4.90 Å². The molecule has 0 spiro atoms. The minimum Gasteiger partial charge on any atom is -0.352 e. The molecular formula is C22H17ClFN3O2. The predicted octanol–water partition coefficient (Wildman–Crippen LogP) is 4.28. The predicted molar refractivity (Wildman–Crippen MR) is 108 cm³/mol. The lowest BCUT2D eigenvalue weighted by atomic mass is 10.1. The van der Waals surface area contributed by atoms with Gasteiger partial charge < -0.3 is 5.32 Å². The largest absolute Gasteiger partial charge is 0.352 e. The van der Waals surface area contributed by atoms with Crippen LogP contribution in [0.15, 0.2) is 66.9 Å². The second-order valence-electron chi connectivity index (χ2n) is 6.71. The summed E-state index contributed by atoms with van der Waals surface area (Å²) >= 11 is 5.88. The fourth-order valence-corrected chi connectivity index (χ4v) is 3.52. The van der Waals surface area contributed by atoms with E-state index in [9.17, 15) is 14.0 Å². The van der Waals surface area contributed by atoms with Gasteiger partial charge in [-0.05, 0) is 54.1 Å². The van der Waals surface area contributed by atoms with Crippen LogP contribution in [-0.2, 0) is 11.3 Å². The SMILES string of the molecule is O=C(C[C@@H]1c2ncccc2C(=O)N1c1ccc(F)cc1)NCc1ccc(Cl)cc1. The topological polar surface area (TPSA) is 62.3 Å². The van der Waals surface area contributed by atoms with Crippen LogP contribution < -0.4 is 10.2 Å². The Kier molecular flexibility index (Phi) is 5.27. The molecule has 0 bridgehead atoms. The average molecular weight is 410 g/mol. The molecule has 2 heterocycles. The second kappa shape index (κ2) is 8.01. The highest BCUT2D eigenvalue weighted by atomic mass is 35.5. The molecule has 0 saturated heterocycles. The van der Waals surface area contributed by atoms with Crippen LogP contribution in [0.25, 0.3) is 0 Å². The molecule has 146 valence electrons. The van der Waals surface area contributed by atoms with E-state index in [1.165, 1.54) is 29.2 Å². The number of carbonyl (C=O) groups excluding carboxylic acids is 2. The highest BCUT2D eigenvalue weighted by Crippen LogP contribution is 2.38. The first-order valence-electron chi connectivity index (χ1n) is 9.08. The third kappa shape index (κ3) is 3.98. The van der Waals surface area contributed by atoms with Crippen LogP contribution in [0.1, 0.15) is 34.1 Å². The molecule has 2 aromatic carbocycles. The van der Waals surface area contributed by atoms with Crippen molar-refractivity contribution < 1.29 is 14.0 Å². The monoisotopic (exact) mass is 409 g/mol. The van der Waals surface area contributed by atoms with Crippen molar-refractivity contribution in [1.29, 1.82) is 0 Å². The smallest absolute Gasteiger partial charge is 0.260 e. The lowest BCUT2D eigenvalue weighted by Crippen LogP contribution is -2.33. The molecule has 0 fully saturated rings. The number of hydrogen-bond donors (Lipinski definition) is 1. The number of aromatic nitrogens is 1. The Bertz CT molecular complexity index is 1050. The molecule has 29 heavy (non-hydrogen) atoms. The van der Waals surface area contributed by atoms with E-state index in [1.54, 1.807) is 30.5 Å². The van der Waals surface area contributed by atoms with Gasteiger partial charge in [0.05, 0.1) is 23.7 Å². The van der Waals surface area contributed by atoms with Crippen LogP contribution in [0, 0.1) is 5.82 Å². The van der Waals surface area contributed by atoms with E-state index < -0.39 is 11.9 Å². The number of rotatable bonds is 5. The molecule has 0 aliphatic carbocycles. The number of pyridine rings is 1. The maximum Gasteiger partial charge on any atom is 0.260 e. The number of carbonyl (C=O) groups is 2. The van der Waals surface area contributed by atoms with Crippen LogP contribution in [-0.4, -0.2) is 16.8 Å². The van der Waals surface area contributed by atoms with Gasteiger partial charge in [0.2, 0.25) is 5.91 Å². The summed E-state index contributed by atoms with van der Waals surface area (Å²) in [5.74, 6) is -0.869. The highest BCUT2D eigenvalue weighted by Gasteiger charge is 2.39. The van der Waals surface area contributed by atoms with Gasteiger partial charge >= 0.3 is 0 Å². The molecule has 0 unspecified atom stereocenters. The lowest BCUT2D eigenvalue weighted by molar-refractivity contribution is -0.121. The molecule has 4 rings (SSSR count). The molecule has 1 aromatic heterocycles. The maximum atomic E-state index is 13.3. The zero-order valence-electron chi connectivity index (χ0n) is 15.3. The first-order valence-corrected chi connectivity index (χ1v) is 9.46. The number of nitrogens with zero attached hydrogens (tertiary/aromatic N) is 2. The van der Waals surface area contributed by atoms with Crippen molar-refractivity contribution in [2.45, 2.75) is 19.0 Å². The Morgan fingerprint density at radius 3 is 2.55 bits per heavy atom. The molecule has 0 saturated carbocycles. The molecule has 2 amide bonds. The van der Waals surface area contributed by atoms with Crippen molar-refractivity contribution in [3.05, 3.63) is 94.5 Å². The maximum absolute atomic E-state index is 13.3. The summed E-state index contributed by atoms with van der Waals surface area (Å²) in [4.78, 5) is 31.4. The Morgan fingerprint density at radius 2 is 1.83 bits per heavy atom. The number of nitrogens with one attached hydrogen (secondary N) is 1. The highest BCUT2D eigenvalue weighted by molar-refractivity contribution is 6.30. The fourth-order valence-electron chi connectivity index (χ4n) is 3.40. The summed E-state index contributed by atoms with van der Waals surface area (Å²) in [5.41, 5.74) is 2.43. The van der Waals surface area contributed by atoms with Crippen molar-refractivity contribution >= 4 is 29.1 Å². The molecule has 0 radical (unpaired) electrons. The Balaban J connectivity index is 1.55. The van der Waals surface area contributed by atoms with Gasteiger partial charge in [-0.3, -0.25) is 19.5 Å². The molecule has 5 nitrogen and oxygen atoms in total. The van der Waals surface area contributed by atoms with E-state index in [0.717, 1.165) is 5.56 Å². The zero-order valence-corrected chi connectivity index (χ0v) is 16.1. The van der Waals surface area contributed by atoms with E-state index in [0.29, 0.717) is 28.5 Å². The molecular weight excluding hydrogens is 393 g/mol. The zero-order chi connectivity index (χ0) is 20.4. The van der Waals surface area contributed by atoms with Crippen LogP contribution in [0.5, 0.6) is 0 Å². The molecule has 3 aromatic rings. The van der Waals surface area contributed by atoms with Gasteiger partial charge in [-0.15, -0.1) is 0 Å². The van der Waals surface area contributed by atoms with E-state index in [-0.39, 0.29) is 18.2 Å². The van der Waals surface area contributed by atoms with Gasteiger partial charge in [0.15, 0.2) is 0 Å². The summed E-state index contributed by atoms with van der Waals surface area (Å²) in [6.07, 6.45) is 1.64. The van der Waals surface area contributed by atoms with Gasteiger partial charge in [-0.25, -0.2) is 4.39 Å². The molecule has 7 heteroatoms. The van der Waals surface area contributed by atoms with E-state index in [4.69, 9.17) is 11.6 Å². The van der Waals surface area contributed by atoms with Gasteiger partial charge in [0, 0.05) is 23.5 Å². The van der Waals surface area contributed by atoms with E-state index in [1.807, 2.05) is 12.1 Å². The van der Waals surface area contributed by atoms with Gasteiger partial charge in [-0.2, -0.15) is 0 Å². The Morgan fingerprint density at radius 1 is 1.10 bits per heavy atom. The fraction of sp³-hybridized carbons (Fsp3) is 0.136. The molecule has 1 aliphatic rings. The van der Waals surface area contributed by atoms with Crippen LogP contribution in [0.2, 0.25) is 5.02 Å². The van der Waals surface area contributed by atoms with Crippen molar-refractivity contribution in [2.24, 2.45) is 0 Å². The minimum absolute atomic E-state index is 0.0424. The van der Waals surface area contributed by atoms with Crippen molar-refractivity contribution in [3.63, 3.8) is 0 Å². The summed E-state index contributed by atoms with van der Waals surface area (Å²) in [5, 5.41) is 3.49. The summed E-state index contributed by atoms with van der Waals surface area (Å²) in [6.45, 7) is 0.349. The Labute approximate surface area is 172 Å². The van der Waals surface area contributed by atoms with Crippen LogP contribution in [0.4, 0.5) is 10.1 Å². The lowest BCUT2D eigenvalue weighted by Gasteiger charge is -2.24. The van der Waals surface area contributed by atoms with Crippen LogP contribution in [0.3, 0.4) is 0 Å². The average Bonchev–Trinajstić information content (AvgIpc) is 3.00. The molecule has 1 atom stereocenters. The number of amides is 2. The Hall–Kier alpha value is -3.25. The van der Waals surface area contributed by atoms with E-state index >= 15 is 0 Å². The number of hydrogen-bond acceptors (Lipinski definition) is 3. The summed E-state index contributed by atoms with van der Waals surface area (Å²) < 4.78 is 13.3. The quantitative estimate of drug-likeness (QED) is 0.684. The standard InChI is InChI=1S/C22H17ClFN3O2/c23-15-5-3-14(4-6-15)13-26-20(28)12-19-21-18(2-1-11-25-21)22(29)27(19)17-9-7-16(24)8-10-17/h1-11,19H,12-13H2,(H,26,28)/t19-/m1/s1. The molecule has 1 N–H and O–H groups in total. The van der Waals surface area contributed by atoms with Crippen molar-refractivity contribution in [3.8, 4) is 0 Å². The first-order chi connectivity index (χ1) is 14.0. The van der Waals surface area contributed by atoms with Gasteiger partial charge in [-0.1, -0.05) is 23.7 Å². The number of anilines is 1. The first kappa shape index (κ1) is 19.1. The summed E-state index contributed by atoms with van der Waals surface area (Å²) in [7, 11) is 0. The third-order valence-corrected chi connectivity index (χ3v) is 5.05. The van der Waals surface area contributed by atoms with Gasteiger partial charge in [0.1, 0.15) is 5.82 Å². The van der Waals surface area contributed by atoms with Gasteiger partial charge in [0.25, 0.3) is 5.91 Å². The summed E-state index contributed by atoms with van der Waals surface area (Å²) in [6, 6.07) is 15.6. The van der Waals surface area contributed by atoms with E-state index in [2.05, 4.69) is 10.3 Å². The van der Waals surface area contributed by atoms with Crippen LogP contribution >= 0.6 is 11.6 Å². The minimum atomic E-state index is -0.561. The number of fused-ring (bicyclic) bond motifs is 1. The third-order valence-electron chi connectivity index (χ3n) is 4.80.